The summed E-state index contributed by atoms with van der Waals surface area (Å²) in [6.07, 6.45) is 7.14. The third-order valence-corrected chi connectivity index (χ3v) is 5.75. The number of fused-ring (bicyclic) bond motifs is 1. The monoisotopic (exact) mass is 364 g/mol. The molecule has 0 radical (unpaired) electrons. The molecule has 142 valence electrons. The van der Waals surface area contributed by atoms with Crippen molar-refractivity contribution < 1.29 is 0 Å². The van der Waals surface area contributed by atoms with Crippen molar-refractivity contribution in [2.75, 3.05) is 18.4 Å². The van der Waals surface area contributed by atoms with E-state index < -0.39 is 0 Å². The smallest absolute Gasteiger partial charge is 0.150 e. The molecule has 1 aromatic carbocycles. The van der Waals surface area contributed by atoms with Crippen LogP contribution in [0.15, 0.2) is 48.2 Å². The Balaban J connectivity index is 1.82. The predicted molar refractivity (Wildman–Crippen MR) is 112 cm³/mol. The summed E-state index contributed by atoms with van der Waals surface area (Å²) in [6.45, 7) is 7.74. The molecule has 0 spiro atoms. The Labute approximate surface area is 160 Å². The number of benzene rings is 1. The molecule has 1 fully saturated rings. The second-order valence-electron chi connectivity index (χ2n) is 7.53. The quantitative estimate of drug-likeness (QED) is 0.302. The average Bonchev–Trinajstić information content (AvgIpc) is 2.69. The Morgan fingerprint density at radius 2 is 2.04 bits per heavy atom. The summed E-state index contributed by atoms with van der Waals surface area (Å²) in [7, 11) is 0. The number of nitrogens with zero attached hydrogens (tertiary/aromatic N) is 1. The zero-order valence-electron chi connectivity index (χ0n) is 15.8. The third-order valence-electron chi connectivity index (χ3n) is 5.75. The first-order valence-electron chi connectivity index (χ1n) is 9.30. The lowest BCUT2D eigenvalue weighted by molar-refractivity contribution is 0.0422. The molecule has 2 atom stereocenters. The molecule has 6 nitrogen and oxygen atoms in total. The maximum Gasteiger partial charge on any atom is 0.150 e. The van der Waals surface area contributed by atoms with Gasteiger partial charge in [0.1, 0.15) is 0 Å². The minimum atomic E-state index is -0.126. The molecule has 0 aromatic heterocycles. The summed E-state index contributed by atoms with van der Waals surface area (Å²) >= 11 is 0. The molecule has 0 saturated carbocycles. The molecule has 6 heteroatoms. The highest BCUT2D eigenvalue weighted by atomic mass is 15.5. The van der Waals surface area contributed by atoms with Crippen LogP contribution in [0.3, 0.4) is 0 Å². The maximum atomic E-state index is 7.94. The predicted octanol–water partition coefficient (Wildman–Crippen LogP) is 3.73. The van der Waals surface area contributed by atoms with Crippen molar-refractivity contribution in [3.63, 3.8) is 0 Å². The lowest BCUT2D eigenvalue weighted by Gasteiger charge is -2.50. The van der Waals surface area contributed by atoms with Gasteiger partial charge in [-0.05, 0) is 49.8 Å². The van der Waals surface area contributed by atoms with Gasteiger partial charge in [0.05, 0.1) is 6.21 Å². The van der Waals surface area contributed by atoms with Gasteiger partial charge in [-0.2, -0.15) is 0 Å². The minimum absolute atomic E-state index is 0.0908. The zero-order valence-corrected chi connectivity index (χ0v) is 15.8. The van der Waals surface area contributed by atoms with Crippen molar-refractivity contribution in [1.82, 2.24) is 10.4 Å². The summed E-state index contributed by atoms with van der Waals surface area (Å²) in [5.74, 6) is 0.534. The van der Waals surface area contributed by atoms with Gasteiger partial charge in [0.25, 0.3) is 0 Å². The molecule has 1 aromatic rings. The molecule has 2 aliphatic rings. The molecular weight excluding hydrogens is 336 g/mol. The summed E-state index contributed by atoms with van der Waals surface area (Å²) in [4.78, 5) is 0. The fourth-order valence-corrected chi connectivity index (χ4v) is 4.19. The van der Waals surface area contributed by atoms with Crippen LogP contribution in [0.5, 0.6) is 0 Å². The number of allylic oxidation sites excluding steroid dienone is 2. The molecule has 3 rings (SSSR count). The van der Waals surface area contributed by atoms with Crippen molar-refractivity contribution in [2.24, 2.45) is 11.3 Å². The molecular formula is C21H28N6. The van der Waals surface area contributed by atoms with Gasteiger partial charge in [-0.3, -0.25) is 5.41 Å². The number of rotatable bonds is 6. The van der Waals surface area contributed by atoms with E-state index >= 15 is 0 Å². The number of amidine groups is 1. The van der Waals surface area contributed by atoms with Gasteiger partial charge in [0.15, 0.2) is 5.84 Å². The van der Waals surface area contributed by atoms with Crippen LogP contribution in [0.1, 0.15) is 24.8 Å². The van der Waals surface area contributed by atoms with Gasteiger partial charge in [-0.1, -0.05) is 23.8 Å². The highest BCUT2D eigenvalue weighted by Gasteiger charge is 2.45. The van der Waals surface area contributed by atoms with Gasteiger partial charge >= 0.3 is 0 Å². The van der Waals surface area contributed by atoms with E-state index in [0.717, 1.165) is 55.5 Å². The van der Waals surface area contributed by atoms with Crippen LogP contribution in [0.4, 0.5) is 5.69 Å². The highest BCUT2D eigenvalue weighted by Crippen LogP contribution is 2.48. The first-order valence-corrected chi connectivity index (χ1v) is 9.30. The number of anilines is 1. The van der Waals surface area contributed by atoms with Gasteiger partial charge in [-0.25, -0.2) is 5.01 Å². The normalized spacial score (nSPS) is 25.3. The van der Waals surface area contributed by atoms with Crippen LogP contribution in [0.2, 0.25) is 0 Å². The van der Waals surface area contributed by atoms with Gasteiger partial charge in [-0.15, -0.1) is 6.58 Å². The highest BCUT2D eigenvalue weighted by molar-refractivity contribution is 6.26. The number of hydrazine groups is 1. The van der Waals surface area contributed by atoms with E-state index in [4.69, 9.17) is 16.2 Å². The largest absolute Gasteiger partial charge is 0.359 e. The van der Waals surface area contributed by atoms with Gasteiger partial charge < -0.3 is 21.6 Å². The number of aryl methyl sites for hydroxylation is 1. The Morgan fingerprint density at radius 1 is 1.30 bits per heavy atom. The molecule has 0 amide bonds. The van der Waals surface area contributed by atoms with E-state index in [9.17, 15) is 0 Å². The van der Waals surface area contributed by atoms with E-state index in [2.05, 4.69) is 48.5 Å². The lowest BCUT2D eigenvalue weighted by atomic mass is 9.62. The van der Waals surface area contributed by atoms with Gasteiger partial charge in [0.2, 0.25) is 0 Å². The Hall–Kier alpha value is -2.73. The molecule has 0 bridgehead atoms. The van der Waals surface area contributed by atoms with E-state index in [-0.39, 0.29) is 11.3 Å². The Kier molecular flexibility index (Phi) is 5.56. The maximum absolute atomic E-state index is 7.94. The zero-order chi connectivity index (χ0) is 19.4. The first-order chi connectivity index (χ1) is 13.0. The number of hydrogen-bond acceptors (Lipinski definition) is 5. The van der Waals surface area contributed by atoms with Gasteiger partial charge in [0, 0.05) is 36.1 Å². The fourth-order valence-electron chi connectivity index (χ4n) is 4.19. The number of nitrogens with one attached hydrogen (secondary N) is 5. The Bertz CT molecular complexity index is 778. The molecule has 1 aliphatic carbocycles. The van der Waals surface area contributed by atoms with Crippen LogP contribution < -0.4 is 10.7 Å². The third kappa shape index (κ3) is 4.01. The minimum Gasteiger partial charge on any atom is -0.359 e. The summed E-state index contributed by atoms with van der Waals surface area (Å²) in [5.41, 5.74) is 7.28. The van der Waals surface area contributed by atoms with E-state index in [1.165, 1.54) is 11.8 Å². The topological polar surface area (TPSA) is 98.8 Å². The molecule has 5 N–H and O–H groups in total. The van der Waals surface area contributed by atoms with Crippen LogP contribution >= 0.6 is 0 Å². The molecule has 2 unspecified atom stereocenters. The SMILES string of the molecule is C=CC12CC(C=N)=C(Nc3ccc(C)cc3)CC1CCN(NC(=N)C=N)C2. The van der Waals surface area contributed by atoms with Crippen molar-refractivity contribution in [3.8, 4) is 0 Å². The van der Waals surface area contributed by atoms with Crippen molar-refractivity contribution >= 4 is 24.0 Å². The van der Waals surface area contributed by atoms with Crippen molar-refractivity contribution in [1.29, 1.82) is 16.2 Å². The van der Waals surface area contributed by atoms with Crippen LogP contribution in [0.25, 0.3) is 0 Å². The van der Waals surface area contributed by atoms with E-state index in [1.54, 1.807) is 0 Å². The number of hydrogen-bond donors (Lipinski definition) is 5. The van der Waals surface area contributed by atoms with E-state index in [1.807, 2.05) is 11.1 Å². The van der Waals surface area contributed by atoms with Crippen molar-refractivity contribution in [2.45, 2.75) is 26.2 Å². The first kappa shape index (κ1) is 19.0. The standard InChI is InChI=1S/C21H28N6/c1-3-21-11-16(12-22)19(25-18-6-4-15(2)5-7-18)10-17(21)8-9-27(14-21)26-20(24)13-23/h3-7,12-13,17,22-23,25H,1,8-11,14H2,2H3,(H2,24,26). The second-order valence-corrected chi connectivity index (χ2v) is 7.53. The van der Waals surface area contributed by atoms with Crippen LogP contribution in [0, 0.1) is 34.5 Å². The summed E-state index contributed by atoms with van der Waals surface area (Å²) < 4.78 is 0. The summed E-state index contributed by atoms with van der Waals surface area (Å²) in [5, 5.41) is 28.4. The average molecular weight is 364 g/mol. The number of piperidine rings is 1. The Morgan fingerprint density at radius 3 is 2.67 bits per heavy atom. The fraction of sp³-hybridized carbons (Fsp3) is 0.381. The molecule has 1 heterocycles. The summed E-state index contributed by atoms with van der Waals surface area (Å²) in [6, 6.07) is 8.34. The van der Waals surface area contributed by atoms with Crippen molar-refractivity contribution in [3.05, 3.63) is 53.8 Å². The second kappa shape index (κ2) is 7.88. The molecule has 27 heavy (non-hydrogen) atoms. The van der Waals surface area contributed by atoms with Crippen LogP contribution in [-0.4, -0.2) is 36.4 Å². The molecule has 1 saturated heterocycles. The lowest BCUT2D eigenvalue weighted by Crippen LogP contribution is -2.55. The van der Waals surface area contributed by atoms with Crippen LogP contribution in [-0.2, 0) is 0 Å². The molecule has 1 aliphatic heterocycles. The van der Waals surface area contributed by atoms with E-state index in [0.29, 0.717) is 5.92 Å².